The third-order valence-electron chi connectivity index (χ3n) is 4.18. The van der Waals surface area contributed by atoms with Crippen molar-refractivity contribution in [1.82, 2.24) is 10.3 Å². The number of urea groups is 1. The minimum Gasteiger partial charge on any atom is -0.481 e. The molecule has 0 atom stereocenters. The van der Waals surface area contributed by atoms with Gasteiger partial charge in [-0.2, -0.15) is 0 Å². The van der Waals surface area contributed by atoms with Crippen LogP contribution in [0.3, 0.4) is 0 Å². The van der Waals surface area contributed by atoms with Gasteiger partial charge in [0.05, 0.1) is 7.11 Å². The molecule has 144 valence electrons. The van der Waals surface area contributed by atoms with Gasteiger partial charge < -0.3 is 20.5 Å². The van der Waals surface area contributed by atoms with E-state index >= 15 is 0 Å². The summed E-state index contributed by atoms with van der Waals surface area (Å²) in [5, 5.41) is 14.5. The number of carbonyl (C=O) groups excluding carboxylic acids is 1. The van der Waals surface area contributed by atoms with E-state index in [1.165, 1.54) is 0 Å². The van der Waals surface area contributed by atoms with Crippen molar-refractivity contribution in [2.75, 3.05) is 12.4 Å². The predicted molar refractivity (Wildman–Crippen MR) is 104 cm³/mol. The summed E-state index contributed by atoms with van der Waals surface area (Å²) < 4.78 is 5.07. The lowest BCUT2D eigenvalue weighted by Crippen LogP contribution is -2.45. The van der Waals surface area contributed by atoms with E-state index in [2.05, 4.69) is 15.6 Å². The number of aromatic nitrogens is 1. The van der Waals surface area contributed by atoms with Crippen LogP contribution in [0.4, 0.5) is 10.5 Å². The Hall–Kier alpha value is -3.09. The standard InChI is InChI=1S/C20H25N3O4/c1-13-5-6-14(15-7-8-17(27-4)21-12-15)11-16(13)22-19(26)23-20(2,3)10-9-18(24)25/h5-8,11-12H,9-10H2,1-4H3,(H,24,25)(H2,22,23,26). The topological polar surface area (TPSA) is 101 Å². The van der Waals surface area contributed by atoms with Gasteiger partial charge in [-0.25, -0.2) is 9.78 Å². The van der Waals surface area contributed by atoms with E-state index in [9.17, 15) is 9.59 Å². The molecule has 0 bridgehead atoms. The van der Waals surface area contributed by atoms with Crippen LogP contribution >= 0.6 is 0 Å². The first-order chi connectivity index (χ1) is 12.7. The molecule has 2 amide bonds. The second kappa shape index (κ2) is 8.53. The smallest absolute Gasteiger partial charge is 0.319 e. The molecule has 1 aromatic heterocycles. The van der Waals surface area contributed by atoms with E-state index < -0.39 is 11.5 Å². The highest BCUT2D eigenvalue weighted by atomic mass is 16.5. The Bertz CT molecular complexity index is 816. The number of carboxylic acid groups (broad SMARTS) is 1. The highest BCUT2D eigenvalue weighted by molar-refractivity contribution is 5.91. The van der Waals surface area contributed by atoms with Gasteiger partial charge in [-0.3, -0.25) is 4.79 Å². The number of benzene rings is 1. The van der Waals surface area contributed by atoms with Gasteiger partial charge in [0.25, 0.3) is 0 Å². The summed E-state index contributed by atoms with van der Waals surface area (Å²) in [4.78, 5) is 27.3. The van der Waals surface area contributed by atoms with Crippen molar-refractivity contribution in [3.05, 3.63) is 42.1 Å². The Balaban J connectivity index is 2.11. The van der Waals surface area contributed by atoms with Crippen LogP contribution in [0.1, 0.15) is 32.3 Å². The molecule has 0 saturated heterocycles. The molecule has 1 heterocycles. The average Bonchev–Trinajstić information content (AvgIpc) is 2.61. The molecule has 0 aliphatic rings. The molecule has 0 spiro atoms. The van der Waals surface area contributed by atoms with Gasteiger partial charge in [0.1, 0.15) is 0 Å². The number of pyridine rings is 1. The molecule has 27 heavy (non-hydrogen) atoms. The van der Waals surface area contributed by atoms with Crippen molar-refractivity contribution in [2.45, 2.75) is 39.2 Å². The Morgan fingerprint density at radius 3 is 2.48 bits per heavy atom. The number of aliphatic carboxylic acids is 1. The molecular formula is C20H25N3O4. The van der Waals surface area contributed by atoms with Gasteiger partial charge in [0, 0.05) is 35.5 Å². The summed E-state index contributed by atoms with van der Waals surface area (Å²) in [6.45, 7) is 5.49. The summed E-state index contributed by atoms with van der Waals surface area (Å²) in [7, 11) is 1.56. The minimum atomic E-state index is -0.887. The van der Waals surface area contributed by atoms with Crippen LogP contribution in [-0.2, 0) is 4.79 Å². The number of nitrogens with zero attached hydrogens (tertiary/aromatic N) is 1. The third kappa shape index (κ3) is 5.99. The van der Waals surface area contributed by atoms with Crippen molar-refractivity contribution in [3.8, 4) is 17.0 Å². The van der Waals surface area contributed by atoms with Gasteiger partial charge in [-0.15, -0.1) is 0 Å². The number of aryl methyl sites for hydroxylation is 1. The summed E-state index contributed by atoms with van der Waals surface area (Å²) in [5.41, 5.74) is 2.78. The molecule has 1 aromatic carbocycles. The number of anilines is 1. The summed E-state index contributed by atoms with van der Waals surface area (Å²) in [6.07, 6.45) is 2.04. The fourth-order valence-electron chi connectivity index (χ4n) is 2.55. The third-order valence-corrected chi connectivity index (χ3v) is 4.18. The van der Waals surface area contributed by atoms with Crippen LogP contribution in [0.15, 0.2) is 36.5 Å². The normalized spacial score (nSPS) is 11.0. The molecule has 0 saturated carbocycles. The monoisotopic (exact) mass is 371 g/mol. The Morgan fingerprint density at radius 1 is 1.19 bits per heavy atom. The van der Waals surface area contributed by atoms with E-state index in [1.54, 1.807) is 33.2 Å². The number of ether oxygens (including phenoxy) is 1. The number of hydrogen-bond acceptors (Lipinski definition) is 4. The SMILES string of the molecule is COc1ccc(-c2ccc(C)c(NC(=O)NC(C)(C)CCC(=O)O)c2)cn1. The van der Waals surface area contributed by atoms with Crippen molar-refractivity contribution >= 4 is 17.7 Å². The molecule has 3 N–H and O–H groups in total. The first-order valence-corrected chi connectivity index (χ1v) is 8.62. The second-order valence-electron chi connectivity index (χ2n) is 6.98. The lowest BCUT2D eigenvalue weighted by atomic mass is 9.99. The van der Waals surface area contributed by atoms with Crippen molar-refractivity contribution in [1.29, 1.82) is 0 Å². The maximum absolute atomic E-state index is 12.4. The lowest BCUT2D eigenvalue weighted by molar-refractivity contribution is -0.137. The summed E-state index contributed by atoms with van der Waals surface area (Å²) >= 11 is 0. The zero-order valence-electron chi connectivity index (χ0n) is 16.0. The first-order valence-electron chi connectivity index (χ1n) is 8.62. The van der Waals surface area contributed by atoms with Gasteiger partial charge in [-0.1, -0.05) is 12.1 Å². The molecule has 2 aromatic rings. The van der Waals surface area contributed by atoms with Crippen LogP contribution in [-0.4, -0.2) is 34.7 Å². The number of carbonyl (C=O) groups is 2. The molecule has 0 unspecified atom stereocenters. The quantitative estimate of drug-likeness (QED) is 0.687. The summed E-state index contributed by atoms with van der Waals surface area (Å²) in [6, 6.07) is 9.06. The zero-order chi connectivity index (χ0) is 20.0. The second-order valence-corrected chi connectivity index (χ2v) is 6.98. The fraction of sp³-hybridized carbons (Fsp3) is 0.350. The molecule has 7 nitrogen and oxygen atoms in total. The van der Waals surface area contributed by atoms with Crippen LogP contribution in [0.25, 0.3) is 11.1 Å². The molecule has 0 aliphatic heterocycles. The number of amides is 2. The predicted octanol–water partition coefficient (Wildman–Crippen LogP) is 3.83. The van der Waals surface area contributed by atoms with Gasteiger partial charge in [0.2, 0.25) is 5.88 Å². The van der Waals surface area contributed by atoms with Crippen molar-refractivity contribution in [3.63, 3.8) is 0 Å². The van der Waals surface area contributed by atoms with E-state index in [4.69, 9.17) is 9.84 Å². The van der Waals surface area contributed by atoms with Crippen molar-refractivity contribution in [2.24, 2.45) is 0 Å². The molecule has 2 rings (SSSR count). The molecule has 0 fully saturated rings. The van der Waals surface area contributed by atoms with Crippen LogP contribution < -0.4 is 15.4 Å². The Labute approximate surface area is 158 Å². The molecular weight excluding hydrogens is 346 g/mol. The number of carboxylic acids is 1. The highest BCUT2D eigenvalue weighted by Gasteiger charge is 2.21. The van der Waals surface area contributed by atoms with E-state index in [-0.39, 0.29) is 12.5 Å². The number of rotatable bonds is 7. The first kappa shape index (κ1) is 20.2. The van der Waals surface area contributed by atoms with E-state index in [0.29, 0.717) is 18.0 Å². The minimum absolute atomic E-state index is 0.00768. The number of hydrogen-bond donors (Lipinski definition) is 3. The lowest BCUT2D eigenvalue weighted by Gasteiger charge is -2.26. The van der Waals surface area contributed by atoms with E-state index in [0.717, 1.165) is 16.7 Å². The highest BCUT2D eigenvalue weighted by Crippen LogP contribution is 2.26. The zero-order valence-corrected chi connectivity index (χ0v) is 16.0. The van der Waals surface area contributed by atoms with Gasteiger partial charge >= 0.3 is 12.0 Å². The number of methoxy groups -OCH3 is 1. The number of nitrogens with one attached hydrogen (secondary N) is 2. The maximum Gasteiger partial charge on any atom is 0.319 e. The van der Waals surface area contributed by atoms with Gasteiger partial charge in [-0.05, 0) is 50.5 Å². The maximum atomic E-state index is 12.4. The fourth-order valence-corrected chi connectivity index (χ4v) is 2.55. The van der Waals surface area contributed by atoms with Crippen molar-refractivity contribution < 1.29 is 19.4 Å². The summed E-state index contributed by atoms with van der Waals surface area (Å²) in [5.74, 6) is -0.353. The molecule has 7 heteroatoms. The van der Waals surface area contributed by atoms with Crippen LogP contribution in [0.5, 0.6) is 5.88 Å². The van der Waals surface area contributed by atoms with E-state index in [1.807, 2.05) is 31.2 Å². The van der Waals surface area contributed by atoms with Crippen LogP contribution in [0.2, 0.25) is 0 Å². The van der Waals surface area contributed by atoms with Crippen LogP contribution in [0, 0.1) is 6.92 Å². The Morgan fingerprint density at radius 2 is 1.89 bits per heavy atom. The average molecular weight is 371 g/mol. The molecule has 0 aliphatic carbocycles. The van der Waals surface area contributed by atoms with Gasteiger partial charge in [0.15, 0.2) is 0 Å². The Kier molecular flexibility index (Phi) is 6.39. The molecule has 0 radical (unpaired) electrons. The largest absolute Gasteiger partial charge is 0.481 e.